The van der Waals surface area contributed by atoms with Crippen LogP contribution in [-0.4, -0.2) is 16.9 Å². The van der Waals surface area contributed by atoms with Crippen molar-refractivity contribution in [2.75, 3.05) is 0 Å². The van der Waals surface area contributed by atoms with Crippen molar-refractivity contribution in [2.24, 2.45) is 5.92 Å². The zero-order valence-electron chi connectivity index (χ0n) is 14.0. The van der Waals surface area contributed by atoms with Gasteiger partial charge in [-0.15, -0.1) is 0 Å². The maximum absolute atomic E-state index is 11.9. The molecule has 1 aliphatic rings. The molecule has 3 nitrogen and oxygen atoms in total. The fraction of sp³-hybridized carbons (Fsp3) is 0.500. The third-order valence-electron chi connectivity index (χ3n) is 3.88. The van der Waals surface area contributed by atoms with Gasteiger partial charge in [0.2, 0.25) is 0 Å². The second kappa shape index (κ2) is 11.6. The Morgan fingerprint density at radius 3 is 2.65 bits per heavy atom. The Balaban J connectivity index is 2.39. The molecule has 1 atom stereocenters. The molecular formula is C20H28O3. The molecule has 0 aromatic carbocycles. The predicted molar refractivity (Wildman–Crippen MR) is 94.2 cm³/mol. The summed E-state index contributed by atoms with van der Waals surface area (Å²) in [5.41, 5.74) is 1.04. The van der Waals surface area contributed by atoms with Gasteiger partial charge in [-0.2, -0.15) is 0 Å². The van der Waals surface area contributed by atoms with Crippen LogP contribution in [0.1, 0.15) is 58.3 Å². The van der Waals surface area contributed by atoms with Crippen LogP contribution in [0.4, 0.5) is 0 Å². The molecule has 23 heavy (non-hydrogen) atoms. The summed E-state index contributed by atoms with van der Waals surface area (Å²) in [4.78, 5) is 22.3. The quantitative estimate of drug-likeness (QED) is 0.431. The van der Waals surface area contributed by atoms with Crippen molar-refractivity contribution < 1.29 is 14.7 Å². The van der Waals surface area contributed by atoms with Gasteiger partial charge in [0.05, 0.1) is 5.92 Å². The summed E-state index contributed by atoms with van der Waals surface area (Å²) in [5, 5.41) is 8.57. The third kappa shape index (κ3) is 8.34. The van der Waals surface area contributed by atoms with E-state index >= 15 is 0 Å². The maximum Gasteiger partial charge on any atom is 0.303 e. The Morgan fingerprint density at radius 2 is 1.91 bits per heavy atom. The van der Waals surface area contributed by atoms with Crippen molar-refractivity contribution in [2.45, 2.75) is 58.3 Å². The van der Waals surface area contributed by atoms with Gasteiger partial charge in [-0.05, 0) is 43.8 Å². The van der Waals surface area contributed by atoms with Gasteiger partial charge in [0, 0.05) is 6.42 Å². The Morgan fingerprint density at radius 1 is 1.13 bits per heavy atom. The standard InChI is InChI=1S/C20H28O3/c1-2-3-4-5-6-10-13-18-17(15-16-19(18)21)12-9-7-8-11-14-20(22)23/h6-7,9-10,12,15-16,18H,2-5,8,11,13-14H2,1H3,(H,22,23)/b9-7+,10-6-,17-12-/t18-/m1/s1. The van der Waals surface area contributed by atoms with Crippen LogP contribution in [-0.2, 0) is 9.59 Å². The van der Waals surface area contributed by atoms with Gasteiger partial charge in [0.1, 0.15) is 0 Å². The molecule has 0 radical (unpaired) electrons. The summed E-state index contributed by atoms with van der Waals surface area (Å²) in [5.74, 6) is -0.637. The summed E-state index contributed by atoms with van der Waals surface area (Å²) in [7, 11) is 0. The Bertz CT molecular complexity index is 495. The number of carbonyl (C=O) groups excluding carboxylic acids is 1. The first-order valence-corrected chi connectivity index (χ1v) is 8.60. The van der Waals surface area contributed by atoms with Gasteiger partial charge < -0.3 is 5.11 Å². The summed E-state index contributed by atoms with van der Waals surface area (Å²) >= 11 is 0. The van der Waals surface area contributed by atoms with Crippen molar-refractivity contribution in [3.63, 3.8) is 0 Å². The highest BCUT2D eigenvalue weighted by Gasteiger charge is 2.22. The van der Waals surface area contributed by atoms with E-state index in [9.17, 15) is 9.59 Å². The van der Waals surface area contributed by atoms with Gasteiger partial charge in [0.15, 0.2) is 5.78 Å². The molecule has 0 fully saturated rings. The van der Waals surface area contributed by atoms with E-state index in [0.717, 1.165) is 24.8 Å². The summed E-state index contributed by atoms with van der Waals surface area (Å²) in [6, 6.07) is 0. The fourth-order valence-electron chi connectivity index (χ4n) is 2.51. The number of rotatable bonds is 11. The predicted octanol–water partition coefficient (Wildman–Crippen LogP) is 5.01. The minimum atomic E-state index is -0.758. The van der Waals surface area contributed by atoms with Crippen molar-refractivity contribution in [1.82, 2.24) is 0 Å². The normalized spacial score (nSPS) is 19.6. The molecule has 0 saturated carbocycles. The van der Waals surface area contributed by atoms with E-state index in [1.54, 1.807) is 6.08 Å². The van der Waals surface area contributed by atoms with E-state index in [4.69, 9.17) is 5.11 Å². The first kappa shape index (κ1) is 19.1. The fourth-order valence-corrected chi connectivity index (χ4v) is 2.51. The third-order valence-corrected chi connectivity index (χ3v) is 3.88. The van der Waals surface area contributed by atoms with E-state index in [1.807, 2.05) is 24.3 Å². The molecule has 126 valence electrons. The lowest BCUT2D eigenvalue weighted by molar-refractivity contribution is -0.137. The SMILES string of the molecule is CCCCC/C=C\C[C@H]1C(=O)C=C/C1=C/C=C/CCCC(=O)O. The molecule has 0 amide bonds. The summed E-state index contributed by atoms with van der Waals surface area (Å²) in [6.45, 7) is 2.19. The lowest BCUT2D eigenvalue weighted by atomic mass is 9.96. The first-order chi connectivity index (χ1) is 11.1. The first-order valence-electron chi connectivity index (χ1n) is 8.60. The van der Waals surface area contributed by atoms with Crippen LogP contribution in [0.5, 0.6) is 0 Å². The van der Waals surface area contributed by atoms with Gasteiger partial charge in [-0.25, -0.2) is 0 Å². The van der Waals surface area contributed by atoms with Crippen LogP contribution in [0.2, 0.25) is 0 Å². The summed E-state index contributed by atoms with van der Waals surface area (Å²) < 4.78 is 0. The van der Waals surface area contributed by atoms with E-state index in [1.165, 1.54) is 19.3 Å². The van der Waals surface area contributed by atoms with Crippen molar-refractivity contribution >= 4 is 11.8 Å². The highest BCUT2D eigenvalue weighted by atomic mass is 16.4. The summed E-state index contributed by atoms with van der Waals surface area (Å²) in [6.07, 6.45) is 20.8. The number of carbonyl (C=O) groups is 2. The minimum absolute atomic E-state index is 0.0545. The lowest BCUT2D eigenvalue weighted by Gasteiger charge is -2.07. The number of hydrogen-bond donors (Lipinski definition) is 1. The molecule has 1 aliphatic carbocycles. The average Bonchev–Trinajstić information content (AvgIpc) is 2.86. The minimum Gasteiger partial charge on any atom is -0.481 e. The number of unbranched alkanes of at least 4 members (excludes halogenated alkanes) is 4. The van der Waals surface area contributed by atoms with E-state index < -0.39 is 5.97 Å². The number of carboxylic acid groups (broad SMARTS) is 1. The largest absolute Gasteiger partial charge is 0.481 e. The second-order valence-electron chi connectivity index (χ2n) is 5.87. The topological polar surface area (TPSA) is 54.4 Å². The zero-order valence-corrected chi connectivity index (χ0v) is 14.0. The van der Waals surface area contributed by atoms with Crippen molar-refractivity contribution in [1.29, 1.82) is 0 Å². The Kier molecular flexibility index (Phi) is 9.69. The highest BCUT2D eigenvalue weighted by molar-refractivity contribution is 5.98. The molecule has 0 bridgehead atoms. The molecule has 1 rings (SSSR count). The molecule has 0 aliphatic heterocycles. The van der Waals surface area contributed by atoms with E-state index in [0.29, 0.717) is 6.42 Å². The molecule has 0 aromatic heterocycles. The van der Waals surface area contributed by atoms with Crippen molar-refractivity contribution in [3.05, 3.63) is 48.1 Å². The lowest BCUT2D eigenvalue weighted by Crippen LogP contribution is -2.07. The molecule has 0 aromatic rings. The molecule has 1 N–H and O–H groups in total. The number of hydrogen-bond acceptors (Lipinski definition) is 2. The molecule has 0 unspecified atom stereocenters. The van der Waals surface area contributed by atoms with Gasteiger partial charge in [0.25, 0.3) is 0 Å². The van der Waals surface area contributed by atoms with Gasteiger partial charge in [-0.3, -0.25) is 9.59 Å². The number of allylic oxidation sites excluding steroid dienone is 8. The van der Waals surface area contributed by atoms with Crippen LogP contribution < -0.4 is 0 Å². The van der Waals surface area contributed by atoms with Crippen LogP contribution in [0.3, 0.4) is 0 Å². The number of ketones is 1. The molecular weight excluding hydrogens is 288 g/mol. The van der Waals surface area contributed by atoms with Crippen LogP contribution >= 0.6 is 0 Å². The van der Waals surface area contributed by atoms with Gasteiger partial charge in [-0.1, -0.05) is 56.2 Å². The highest BCUT2D eigenvalue weighted by Crippen LogP contribution is 2.25. The van der Waals surface area contributed by atoms with Gasteiger partial charge >= 0.3 is 5.97 Å². The molecule has 0 saturated heterocycles. The number of aliphatic carboxylic acids is 1. The van der Waals surface area contributed by atoms with E-state index in [-0.39, 0.29) is 18.1 Å². The van der Waals surface area contributed by atoms with E-state index in [2.05, 4.69) is 19.1 Å². The Hall–Kier alpha value is -1.90. The molecule has 0 heterocycles. The second-order valence-corrected chi connectivity index (χ2v) is 5.87. The molecule has 0 spiro atoms. The van der Waals surface area contributed by atoms with Crippen LogP contribution in [0.15, 0.2) is 48.1 Å². The smallest absolute Gasteiger partial charge is 0.303 e. The van der Waals surface area contributed by atoms with Crippen LogP contribution in [0, 0.1) is 5.92 Å². The molecule has 3 heteroatoms. The zero-order chi connectivity index (χ0) is 16.9. The van der Waals surface area contributed by atoms with Crippen molar-refractivity contribution in [3.8, 4) is 0 Å². The van der Waals surface area contributed by atoms with Crippen LogP contribution in [0.25, 0.3) is 0 Å². The Labute approximate surface area is 139 Å². The maximum atomic E-state index is 11.9. The average molecular weight is 316 g/mol. The monoisotopic (exact) mass is 316 g/mol. The number of carboxylic acids is 1.